The number of carbonyl (C=O) groups is 2. The van der Waals surface area contributed by atoms with Crippen LogP contribution >= 0.6 is 0 Å². The second-order valence-corrected chi connectivity index (χ2v) is 12.8. The molecule has 37 heavy (non-hydrogen) atoms. The lowest BCUT2D eigenvalue weighted by Gasteiger charge is -2.51. The SMILES string of the molecule is COc1ccc(CNC(=O)CC[C@]23CC[C@](C)(O)C[C@H]2C(C)(C)C[C@@H]3NC2CCN(C(C)=O)CC2)cc1. The predicted octanol–water partition coefficient (Wildman–Crippen LogP) is 4.03. The summed E-state index contributed by atoms with van der Waals surface area (Å²) in [6.45, 7) is 10.4. The first-order chi connectivity index (χ1) is 17.4. The molecular weight excluding hydrogens is 466 g/mol. The minimum absolute atomic E-state index is 0.0130. The molecule has 2 aliphatic carbocycles. The summed E-state index contributed by atoms with van der Waals surface area (Å²) >= 11 is 0. The summed E-state index contributed by atoms with van der Waals surface area (Å²) < 4.78 is 5.22. The molecule has 0 aromatic heterocycles. The average Bonchev–Trinajstić information content (AvgIpc) is 3.07. The third-order valence-electron chi connectivity index (χ3n) is 9.68. The number of amides is 2. The smallest absolute Gasteiger partial charge is 0.220 e. The molecule has 0 radical (unpaired) electrons. The van der Waals surface area contributed by atoms with Crippen molar-refractivity contribution in [2.24, 2.45) is 16.7 Å². The van der Waals surface area contributed by atoms with E-state index in [1.54, 1.807) is 14.0 Å². The monoisotopic (exact) mass is 513 g/mol. The number of piperidine rings is 1. The molecule has 3 N–H and O–H groups in total. The Morgan fingerprint density at radius 1 is 1.08 bits per heavy atom. The fraction of sp³-hybridized carbons (Fsp3) is 0.733. The molecule has 7 nitrogen and oxygen atoms in total. The van der Waals surface area contributed by atoms with Gasteiger partial charge in [0.15, 0.2) is 0 Å². The highest BCUT2D eigenvalue weighted by atomic mass is 16.5. The van der Waals surface area contributed by atoms with Crippen molar-refractivity contribution in [3.8, 4) is 5.75 Å². The van der Waals surface area contributed by atoms with Crippen LogP contribution in [-0.2, 0) is 16.1 Å². The molecule has 1 aromatic rings. The molecule has 2 amide bonds. The number of fused-ring (bicyclic) bond motifs is 1. The van der Waals surface area contributed by atoms with Crippen LogP contribution in [0.5, 0.6) is 5.75 Å². The summed E-state index contributed by atoms with van der Waals surface area (Å²) in [5.41, 5.74) is 0.476. The first-order valence-corrected chi connectivity index (χ1v) is 14.1. The van der Waals surface area contributed by atoms with Gasteiger partial charge in [-0.15, -0.1) is 0 Å². The molecule has 0 bridgehead atoms. The van der Waals surface area contributed by atoms with Gasteiger partial charge < -0.3 is 25.4 Å². The Bertz CT molecular complexity index is 952. The van der Waals surface area contributed by atoms with E-state index in [4.69, 9.17) is 4.74 Å². The van der Waals surface area contributed by atoms with Crippen molar-refractivity contribution in [3.63, 3.8) is 0 Å². The molecule has 1 heterocycles. The molecule has 1 aliphatic heterocycles. The summed E-state index contributed by atoms with van der Waals surface area (Å²) in [6.07, 6.45) is 6.80. The maximum Gasteiger partial charge on any atom is 0.220 e. The van der Waals surface area contributed by atoms with Crippen molar-refractivity contribution in [2.75, 3.05) is 20.2 Å². The van der Waals surface area contributed by atoms with Gasteiger partial charge in [0.1, 0.15) is 5.75 Å². The Hall–Kier alpha value is -2.12. The third kappa shape index (κ3) is 6.31. The number of hydrogen-bond donors (Lipinski definition) is 3. The van der Waals surface area contributed by atoms with Crippen LogP contribution in [-0.4, -0.2) is 59.7 Å². The van der Waals surface area contributed by atoms with E-state index in [1.807, 2.05) is 36.1 Å². The van der Waals surface area contributed by atoms with Crippen molar-refractivity contribution < 1.29 is 19.4 Å². The number of aliphatic hydroxyl groups is 1. The van der Waals surface area contributed by atoms with E-state index in [0.717, 1.165) is 69.3 Å². The molecule has 7 heteroatoms. The van der Waals surface area contributed by atoms with Crippen LogP contribution in [0.4, 0.5) is 0 Å². The van der Waals surface area contributed by atoms with E-state index in [1.165, 1.54) is 0 Å². The van der Waals surface area contributed by atoms with Gasteiger partial charge in [-0.2, -0.15) is 0 Å². The van der Waals surface area contributed by atoms with E-state index in [-0.39, 0.29) is 22.6 Å². The van der Waals surface area contributed by atoms with Gasteiger partial charge in [0.05, 0.1) is 12.7 Å². The van der Waals surface area contributed by atoms with Crippen molar-refractivity contribution in [2.45, 2.75) is 103 Å². The average molecular weight is 514 g/mol. The lowest BCUT2D eigenvalue weighted by molar-refractivity contribution is -0.130. The first kappa shape index (κ1) is 27.9. The minimum atomic E-state index is -0.649. The van der Waals surface area contributed by atoms with Gasteiger partial charge in [0.25, 0.3) is 0 Å². The van der Waals surface area contributed by atoms with E-state index in [9.17, 15) is 14.7 Å². The van der Waals surface area contributed by atoms with Gasteiger partial charge in [-0.1, -0.05) is 26.0 Å². The van der Waals surface area contributed by atoms with Gasteiger partial charge >= 0.3 is 0 Å². The summed E-state index contributed by atoms with van der Waals surface area (Å²) in [4.78, 5) is 26.7. The van der Waals surface area contributed by atoms with Crippen LogP contribution in [0.3, 0.4) is 0 Å². The Morgan fingerprint density at radius 3 is 2.38 bits per heavy atom. The number of methoxy groups -OCH3 is 1. The van der Waals surface area contributed by atoms with Crippen molar-refractivity contribution >= 4 is 11.8 Å². The van der Waals surface area contributed by atoms with Crippen LogP contribution in [0.2, 0.25) is 0 Å². The van der Waals surface area contributed by atoms with E-state index in [0.29, 0.717) is 31.0 Å². The third-order valence-corrected chi connectivity index (χ3v) is 9.68. The maximum atomic E-state index is 13.0. The summed E-state index contributed by atoms with van der Waals surface area (Å²) in [5.74, 6) is 1.40. The minimum Gasteiger partial charge on any atom is -0.497 e. The van der Waals surface area contributed by atoms with Gasteiger partial charge in [-0.05, 0) is 86.3 Å². The van der Waals surface area contributed by atoms with E-state index in [2.05, 4.69) is 24.5 Å². The molecule has 3 aliphatic rings. The number of carbonyl (C=O) groups excluding carboxylic acids is 2. The van der Waals surface area contributed by atoms with Crippen LogP contribution in [0.15, 0.2) is 24.3 Å². The Morgan fingerprint density at radius 2 is 1.76 bits per heavy atom. The largest absolute Gasteiger partial charge is 0.497 e. The molecule has 1 aromatic carbocycles. The van der Waals surface area contributed by atoms with Crippen molar-refractivity contribution in [1.82, 2.24) is 15.5 Å². The second-order valence-electron chi connectivity index (χ2n) is 12.8. The highest BCUT2D eigenvalue weighted by molar-refractivity contribution is 5.76. The zero-order valence-corrected chi connectivity index (χ0v) is 23.4. The fourth-order valence-corrected chi connectivity index (χ4v) is 7.49. The molecule has 2 saturated carbocycles. The number of rotatable bonds is 8. The molecule has 4 atom stereocenters. The second kappa shape index (κ2) is 10.9. The molecule has 0 unspecified atom stereocenters. The zero-order valence-electron chi connectivity index (χ0n) is 23.4. The molecule has 1 saturated heterocycles. The summed E-state index contributed by atoms with van der Waals surface area (Å²) in [7, 11) is 1.65. The highest BCUT2D eigenvalue weighted by Gasteiger charge is 2.61. The van der Waals surface area contributed by atoms with Crippen molar-refractivity contribution in [3.05, 3.63) is 29.8 Å². The molecule has 0 spiro atoms. The normalized spacial score (nSPS) is 31.6. The zero-order chi connectivity index (χ0) is 26.8. The summed E-state index contributed by atoms with van der Waals surface area (Å²) in [6, 6.07) is 8.49. The van der Waals surface area contributed by atoms with Crippen LogP contribution in [0.25, 0.3) is 0 Å². The number of likely N-dealkylation sites (tertiary alicyclic amines) is 1. The standard InChI is InChI=1S/C30H47N3O4/c1-21(34)33-16-11-23(12-17-33)32-26-19-28(2,3)25-18-29(4,36)14-15-30(25,26)13-10-27(35)31-20-22-6-8-24(37-5)9-7-22/h6-9,23,25-26,32,36H,10-20H2,1-5H3,(H,31,35)/t25-,26-,29-,30-/m0/s1. The number of ether oxygens (including phenoxy) is 1. The lowest BCUT2D eigenvalue weighted by atomic mass is 9.57. The van der Waals surface area contributed by atoms with Crippen molar-refractivity contribution in [1.29, 1.82) is 0 Å². The van der Waals surface area contributed by atoms with Gasteiger partial charge in [0.2, 0.25) is 11.8 Å². The maximum absolute atomic E-state index is 13.0. The van der Waals surface area contributed by atoms with E-state index >= 15 is 0 Å². The molecule has 3 fully saturated rings. The highest BCUT2D eigenvalue weighted by Crippen LogP contribution is 2.64. The molecule has 4 rings (SSSR count). The number of hydrogen-bond acceptors (Lipinski definition) is 5. The first-order valence-electron chi connectivity index (χ1n) is 14.1. The lowest BCUT2D eigenvalue weighted by Crippen LogP contribution is -2.55. The van der Waals surface area contributed by atoms with Gasteiger partial charge in [-0.3, -0.25) is 9.59 Å². The fourth-order valence-electron chi connectivity index (χ4n) is 7.49. The Labute approximate surface area is 222 Å². The van der Waals surface area contributed by atoms with Gasteiger partial charge in [0, 0.05) is 45.1 Å². The Kier molecular flexibility index (Phi) is 8.25. The van der Waals surface area contributed by atoms with Crippen LogP contribution in [0, 0.1) is 16.7 Å². The van der Waals surface area contributed by atoms with Crippen LogP contribution in [0.1, 0.15) is 84.6 Å². The number of nitrogens with one attached hydrogen (secondary N) is 2. The topological polar surface area (TPSA) is 90.9 Å². The van der Waals surface area contributed by atoms with Gasteiger partial charge in [-0.25, -0.2) is 0 Å². The van der Waals surface area contributed by atoms with Crippen LogP contribution < -0.4 is 15.4 Å². The van der Waals surface area contributed by atoms with E-state index < -0.39 is 5.60 Å². The predicted molar refractivity (Wildman–Crippen MR) is 145 cm³/mol. The quantitative estimate of drug-likeness (QED) is 0.488. The molecule has 206 valence electrons. The number of benzene rings is 1. The Balaban J connectivity index is 1.44. The molecular formula is C30H47N3O4. The number of nitrogens with zero attached hydrogens (tertiary/aromatic N) is 1. The summed E-state index contributed by atoms with van der Waals surface area (Å²) in [5, 5.41) is 18.2.